The van der Waals surface area contributed by atoms with E-state index in [0.717, 1.165) is 25.3 Å². The third kappa shape index (κ3) is 2.70. The van der Waals surface area contributed by atoms with Gasteiger partial charge in [-0.15, -0.1) is 6.58 Å². The SMILES string of the molecule is C=C(C)CC(NCC)C1COc2ccccc21. The maximum Gasteiger partial charge on any atom is 0.122 e. The van der Waals surface area contributed by atoms with E-state index >= 15 is 0 Å². The lowest BCUT2D eigenvalue weighted by molar-refractivity contribution is 0.298. The van der Waals surface area contributed by atoms with Gasteiger partial charge in [-0.3, -0.25) is 0 Å². The van der Waals surface area contributed by atoms with Crippen LogP contribution in [0.2, 0.25) is 0 Å². The van der Waals surface area contributed by atoms with Crippen LogP contribution in [-0.2, 0) is 0 Å². The highest BCUT2D eigenvalue weighted by atomic mass is 16.5. The summed E-state index contributed by atoms with van der Waals surface area (Å²) in [6, 6.07) is 8.78. The van der Waals surface area contributed by atoms with E-state index in [4.69, 9.17) is 4.74 Å². The summed E-state index contributed by atoms with van der Waals surface area (Å²) in [4.78, 5) is 0. The molecule has 1 aromatic carbocycles. The maximum atomic E-state index is 5.75. The number of hydrogen-bond acceptors (Lipinski definition) is 2. The molecule has 0 spiro atoms. The van der Waals surface area contributed by atoms with Crippen molar-refractivity contribution in [1.82, 2.24) is 5.32 Å². The molecule has 1 aliphatic rings. The van der Waals surface area contributed by atoms with Crippen molar-refractivity contribution in [3.05, 3.63) is 42.0 Å². The third-order valence-corrected chi connectivity index (χ3v) is 3.26. The molecular formula is C15H21NO. The molecule has 0 amide bonds. The van der Waals surface area contributed by atoms with Gasteiger partial charge in [0.2, 0.25) is 0 Å². The van der Waals surface area contributed by atoms with Gasteiger partial charge in [-0.1, -0.05) is 30.7 Å². The van der Waals surface area contributed by atoms with E-state index < -0.39 is 0 Å². The predicted molar refractivity (Wildman–Crippen MR) is 71.6 cm³/mol. The molecule has 0 bridgehead atoms. The lowest BCUT2D eigenvalue weighted by atomic mass is 9.89. The summed E-state index contributed by atoms with van der Waals surface area (Å²) in [7, 11) is 0. The Kier molecular flexibility index (Phi) is 3.85. The molecule has 0 saturated carbocycles. The van der Waals surface area contributed by atoms with Crippen molar-refractivity contribution in [2.45, 2.75) is 32.2 Å². The van der Waals surface area contributed by atoms with Crippen LogP contribution >= 0.6 is 0 Å². The highest BCUT2D eigenvalue weighted by Gasteiger charge is 2.30. The van der Waals surface area contributed by atoms with Crippen LogP contribution in [0.25, 0.3) is 0 Å². The first-order valence-corrected chi connectivity index (χ1v) is 6.32. The lowest BCUT2D eigenvalue weighted by Crippen LogP contribution is -2.35. The predicted octanol–water partition coefficient (Wildman–Crippen LogP) is 3.11. The van der Waals surface area contributed by atoms with Crippen LogP contribution in [0.3, 0.4) is 0 Å². The van der Waals surface area contributed by atoms with E-state index in [9.17, 15) is 0 Å². The van der Waals surface area contributed by atoms with Gasteiger partial charge in [0.15, 0.2) is 0 Å². The zero-order valence-corrected chi connectivity index (χ0v) is 10.7. The van der Waals surface area contributed by atoms with E-state index in [0.29, 0.717) is 12.0 Å². The van der Waals surface area contributed by atoms with Crippen molar-refractivity contribution in [2.75, 3.05) is 13.2 Å². The highest BCUT2D eigenvalue weighted by molar-refractivity contribution is 5.40. The summed E-state index contributed by atoms with van der Waals surface area (Å²) in [6.07, 6.45) is 1.01. The van der Waals surface area contributed by atoms with Gasteiger partial charge in [0, 0.05) is 17.5 Å². The van der Waals surface area contributed by atoms with Crippen molar-refractivity contribution >= 4 is 0 Å². The van der Waals surface area contributed by atoms with Crippen LogP contribution in [0, 0.1) is 0 Å². The Bertz CT molecular complexity index is 400. The average molecular weight is 231 g/mol. The maximum absolute atomic E-state index is 5.75. The number of fused-ring (bicyclic) bond motifs is 1. The second-order valence-electron chi connectivity index (χ2n) is 4.78. The molecule has 2 nitrogen and oxygen atoms in total. The third-order valence-electron chi connectivity index (χ3n) is 3.26. The molecule has 0 radical (unpaired) electrons. The topological polar surface area (TPSA) is 21.3 Å². The van der Waals surface area contributed by atoms with Crippen molar-refractivity contribution in [3.63, 3.8) is 0 Å². The van der Waals surface area contributed by atoms with Crippen LogP contribution in [-0.4, -0.2) is 19.2 Å². The van der Waals surface area contributed by atoms with Gasteiger partial charge < -0.3 is 10.1 Å². The summed E-state index contributed by atoms with van der Waals surface area (Å²) >= 11 is 0. The molecule has 2 heteroatoms. The molecule has 1 aromatic rings. The minimum atomic E-state index is 0.432. The van der Waals surface area contributed by atoms with Gasteiger partial charge in [-0.25, -0.2) is 0 Å². The fourth-order valence-corrected chi connectivity index (χ4v) is 2.51. The number of likely N-dealkylation sites (N-methyl/N-ethyl adjacent to an activating group) is 1. The molecular weight excluding hydrogens is 210 g/mol. The minimum absolute atomic E-state index is 0.432. The van der Waals surface area contributed by atoms with Gasteiger partial charge in [-0.05, 0) is 26.0 Å². The Hall–Kier alpha value is -1.28. The summed E-state index contributed by atoms with van der Waals surface area (Å²) in [5.74, 6) is 1.49. The lowest BCUT2D eigenvalue weighted by Gasteiger charge is -2.23. The van der Waals surface area contributed by atoms with Crippen molar-refractivity contribution < 1.29 is 4.74 Å². The molecule has 2 atom stereocenters. The quantitative estimate of drug-likeness (QED) is 0.786. The van der Waals surface area contributed by atoms with Crippen molar-refractivity contribution in [1.29, 1.82) is 0 Å². The van der Waals surface area contributed by atoms with E-state index in [1.54, 1.807) is 0 Å². The van der Waals surface area contributed by atoms with Crippen LogP contribution in [0.4, 0.5) is 0 Å². The van der Waals surface area contributed by atoms with E-state index in [2.05, 4.69) is 43.9 Å². The van der Waals surface area contributed by atoms with Gasteiger partial charge in [0.1, 0.15) is 5.75 Å². The van der Waals surface area contributed by atoms with Crippen LogP contribution in [0.5, 0.6) is 5.75 Å². The van der Waals surface area contributed by atoms with Crippen molar-refractivity contribution in [2.24, 2.45) is 0 Å². The van der Waals surface area contributed by atoms with Gasteiger partial charge >= 0.3 is 0 Å². The summed E-state index contributed by atoms with van der Waals surface area (Å²) < 4.78 is 5.75. The van der Waals surface area contributed by atoms with Crippen molar-refractivity contribution in [3.8, 4) is 5.75 Å². The molecule has 1 N–H and O–H groups in total. The van der Waals surface area contributed by atoms with Gasteiger partial charge in [0.25, 0.3) is 0 Å². The number of benzene rings is 1. The largest absolute Gasteiger partial charge is 0.493 e. The molecule has 0 fully saturated rings. The number of nitrogens with one attached hydrogen (secondary N) is 1. The second kappa shape index (κ2) is 5.37. The molecule has 17 heavy (non-hydrogen) atoms. The molecule has 92 valence electrons. The van der Waals surface area contributed by atoms with Gasteiger partial charge in [0.05, 0.1) is 6.61 Å². The Balaban J connectivity index is 2.18. The molecule has 1 heterocycles. The summed E-state index contributed by atoms with van der Waals surface area (Å²) in [5, 5.41) is 3.56. The standard InChI is InChI=1S/C15H21NO/c1-4-16-14(9-11(2)3)13-10-17-15-8-6-5-7-12(13)15/h5-8,13-14,16H,2,4,9-10H2,1,3H3. The Labute approximate surface area is 104 Å². The molecule has 1 aliphatic heterocycles. The second-order valence-corrected chi connectivity index (χ2v) is 4.78. The Morgan fingerprint density at radius 2 is 2.29 bits per heavy atom. The molecule has 0 saturated heterocycles. The monoisotopic (exact) mass is 231 g/mol. The minimum Gasteiger partial charge on any atom is -0.493 e. The molecule has 0 aromatic heterocycles. The first-order chi connectivity index (χ1) is 8.22. The van der Waals surface area contributed by atoms with E-state index in [1.807, 2.05) is 6.07 Å². The fraction of sp³-hybridized carbons (Fsp3) is 0.467. The Morgan fingerprint density at radius 3 is 3.00 bits per heavy atom. The zero-order valence-electron chi connectivity index (χ0n) is 10.7. The van der Waals surface area contributed by atoms with E-state index in [1.165, 1.54) is 11.1 Å². The molecule has 2 rings (SSSR count). The Morgan fingerprint density at radius 1 is 1.53 bits per heavy atom. The first-order valence-electron chi connectivity index (χ1n) is 6.32. The summed E-state index contributed by atoms with van der Waals surface area (Å²) in [5.41, 5.74) is 2.56. The normalized spacial score (nSPS) is 19.5. The van der Waals surface area contributed by atoms with Crippen LogP contribution in [0.1, 0.15) is 31.7 Å². The van der Waals surface area contributed by atoms with E-state index in [-0.39, 0.29) is 0 Å². The number of ether oxygens (including phenoxy) is 1. The smallest absolute Gasteiger partial charge is 0.122 e. The molecule has 2 unspecified atom stereocenters. The first kappa shape index (κ1) is 12.2. The van der Waals surface area contributed by atoms with Crippen LogP contribution in [0.15, 0.2) is 36.4 Å². The summed E-state index contributed by atoms with van der Waals surface area (Å²) in [6.45, 7) is 10.0. The van der Waals surface area contributed by atoms with Crippen LogP contribution < -0.4 is 10.1 Å². The molecule has 0 aliphatic carbocycles. The number of rotatable bonds is 5. The number of para-hydroxylation sites is 1. The zero-order chi connectivity index (χ0) is 12.3. The number of hydrogen-bond donors (Lipinski definition) is 1. The van der Waals surface area contributed by atoms with Gasteiger partial charge in [-0.2, -0.15) is 0 Å². The average Bonchev–Trinajstić information content (AvgIpc) is 2.71. The highest BCUT2D eigenvalue weighted by Crippen LogP contribution is 2.36. The fourth-order valence-electron chi connectivity index (χ4n) is 2.51.